The van der Waals surface area contributed by atoms with Crippen LogP contribution in [0.1, 0.15) is 32.6 Å². The maximum Gasteiger partial charge on any atom is 0.258 e. The summed E-state index contributed by atoms with van der Waals surface area (Å²) in [5, 5.41) is 11.3. The molecule has 0 radical (unpaired) electrons. The quantitative estimate of drug-likeness (QED) is 0.315. The number of benzene rings is 2. The second-order valence-electron chi connectivity index (χ2n) is 9.01. The highest BCUT2D eigenvalue weighted by atomic mass is 35.5. The molecule has 0 saturated heterocycles. The molecule has 2 heterocycles. The maximum absolute atomic E-state index is 14.3. The number of phenolic OH excluding ortho intramolecular Hbond substituents is 1. The third-order valence-corrected chi connectivity index (χ3v) is 6.45. The predicted molar refractivity (Wildman–Crippen MR) is 124 cm³/mol. The van der Waals surface area contributed by atoms with E-state index in [0.717, 1.165) is 6.07 Å². The van der Waals surface area contributed by atoms with E-state index in [1.165, 1.54) is 17.2 Å². The molecule has 164 valence electrons. The molecule has 0 aliphatic carbocycles. The topological polar surface area (TPSA) is 53.4 Å². The van der Waals surface area contributed by atoms with Crippen molar-refractivity contribution in [2.45, 2.75) is 32.6 Å². The van der Waals surface area contributed by atoms with Gasteiger partial charge in [-0.1, -0.05) is 37.2 Å². The van der Waals surface area contributed by atoms with Gasteiger partial charge < -0.3 is 10.0 Å². The molecule has 3 aromatic rings. The predicted octanol–water partition coefficient (Wildman–Crippen LogP) is 5.28. The van der Waals surface area contributed by atoms with E-state index in [1.807, 2.05) is 0 Å². The van der Waals surface area contributed by atoms with Crippen molar-refractivity contribution in [1.29, 1.82) is 0 Å². The molecule has 0 saturated carbocycles. The van der Waals surface area contributed by atoms with E-state index < -0.39 is 19.7 Å². The lowest BCUT2D eigenvalue weighted by molar-refractivity contribution is 0.0814. The molecule has 1 aliphatic heterocycles. The van der Waals surface area contributed by atoms with Crippen LogP contribution >= 0.6 is 11.6 Å². The number of pyridine rings is 1. The van der Waals surface area contributed by atoms with Crippen molar-refractivity contribution in [3.8, 4) is 17.2 Å². The SMILES string of the molecule is CN1Cc2c(c(O)c3ncc(Cc4cc(Cl)c(F)cc4F)cc3c2C#C[Si](C)(C)C)C1=O. The molecule has 4 rings (SSSR count). The molecule has 0 atom stereocenters. The Kier molecular flexibility index (Phi) is 5.47. The van der Waals surface area contributed by atoms with E-state index in [1.54, 1.807) is 13.1 Å². The number of hydrogen-bond donors (Lipinski definition) is 1. The third kappa shape index (κ3) is 3.96. The van der Waals surface area contributed by atoms with Crippen LogP contribution in [0.5, 0.6) is 5.75 Å². The number of rotatable bonds is 2. The summed E-state index contributed by atoms with van der Waals surface area (Å²) in [6.07, 6.45) is 1.64. The standard InChI is InChI=1S/C24H21ClF2N2O2Si/c1-29-12-17-15(5-6-32(2,3)4)16-8-13(7-14-9-18(25)20(27)10-19(14)26)11-28-22(16)23(30)21(17)24(29)31/h8-11,30H,7,12H2,1-4H3. The van der Waals surface area contributed by atoms with E-state index in [4.69, 9.17) is 11.6 Å². The molecule has 0 bridgehead atoms. The van der Waals surface area contributed by atoms with Gasteiger partial charge in [-0.2, -0.15) is 0 Å². The fraction of sp³-hybridized carbons (Fsp3) is 0.250. The van der Waals surface area contributed by atoms with Crippen molar-refractivity contribution in [3.05, 3.63) is 68.9 Å². The Hall–Kier alpha value is -2.95. The number of aromatic nitrogens is 1. The van der Waals surface area contributed by atoms with Crippen molar-refractivity contribution < 1.29 is 18.7 Å². The lowest BCUT2D eigenvalue weighted by Crippen LogP contribution is -2.17. The van der Waals surface area contributed by atoms with Gasteiger partial charge in [0.05, 0.1) is 10.6 Å². The lowest BCUT2D eigenvalue weighted by atomic mass is 9.95. The highest BCUT2D eigenvalue weighted by molar-refractivity contribution is 6.83. The van der Waals surface area contributed by atoms with Gasteiger partial charge in [-0.15, -0.1) is 5.54 Å². The zero-order chi connectivity index (χ0) is 23.4. The Morgan fingerprint density at radius 2 is 1.94 bits per heavy atom. The third-order valence-electron chi connectivity index (χ3n) is 5.28. The van der Waals surface area contributed by atoms with E-state index in [9.17, 15) is 18.7 Å². The van der Waals surface area contributed by atoms with Gasteiger partial charge >= 0.3 is 0 Å². The average Bonchev–Trinajstić information content (AvgIpc) is 3.00. The molecule has 32 heavy (non-hydrogen) atoms. The number of aromatic hydroxyl groups is 1. The van der Waals surface area contributed by atoms with E-state index in [2.05, 4.69) is 36.1 Å². The summed E-state index contributed by atoms with van der Waals surface area (Å²) < 4.78 is 27.8. The molecule has 8 heteroatoms. The second kappa shape index (κ2) is 7.87. The van der Waals surface area contributed by atoms with Crippen LogP contribution < -0.4 is 0 Å². The van der Waals surface area contributed by atoms with E-state index in [-0.39, 0.29) is 39.7 Å². The normalized spacial score (nSPS) is 13.3. The first-order valence-corrected chi connectivity index (χ1v) is 13.9. The summed E-state index contributed by atoms with van der Waals surface area (Å²) in [7, 11) is -0.0749. The van der Waals surface area contributed by atoms with Crippen molar-refractivity contribution in [3.63, 3.8) is 0 Å². The zero-order valence-corrected chi connectivity index (χ0v) is 19.9. The van der Waals surface area contributed by atoms with Crippen LogP contribution in [-0.2, 0) is 13.0 Å². The van der Waals surface area contributed by atoms with Gasteiger partial charge in [0, 0.05) is 48.8 Å². The maximum atomic E-state index is 14.3. The van der Waals surface area contributed by atoms with Gasteiger partial charge in [0.1, 0.15) is 25.2 Å². The highest BCUT2D eigenvalue weighted by Crippen LogP contribution is 2.39. The van der Waals surface area contributed by atoms with Crippen molar-refractivity contribution in [1.82, 2.24) is 9.88 Å². The highest BCUT2D eigenvalue weighted by Gasteiger charge is 2.32. The lowest BCUT2D eigenvalue weighted by Gasteiger charge is -2.12. The largest absolute Gasteiger partial charge is 0.505 e. The number of phenols is 1. The van der Waals surface area contributed by atoms with Crippen molar-refractivity contribution in [2.75, 3.05) is 7.05 Å². The Labute approximate surface area is 190 Å². The fourth-order valence-corrected chi connectivity index (χ4v) is 4.42. The minimum atomic E-state index is -1.74. The van der Waals surface area contributed by atoms with Crippen LogP contribution in [0.15, 0.2) is 24.4 Å². The Balaban J connectivity index is 1.93. The molecule has 2 aromatic carbocycles. The summed E-state index contributed by atoms with van der Waals surface area (Å²) in [4.78, 5) is 18.5. The molecular formula is C24H21ClF2N2O2Si. The first-order chi connectivity index (χ1) is 15.0. The van der Waals surface area contributed by atoms with Gasteiger partial charge in [0.25, 0.3) is 5.91 Å². The second-order valence-corrected chi connectivity index (χ2v) is 14.2. The Morgan fingerprint density at radius 3 is 2.62 bits per heavy atom. The fourth-order valence-electron chi connectivity index (χ4n) is 3.73. The van der Waals surface area contributed by atoms with E-state index in [0.29, 0.717) is 28.6 Å². The summed E-state index contributed by atoms with van der Waals surface area (Å²) in [6, 6.07) is 3.81. The number of hydrogen-bond acceptors (Lipinski definition) is 3. The average molecular weight is 471 g/mol. The number of carbonyl (C=O) groups is 1. The summed E-state index contributed by atoms with van der Waals surface area (Å²) >= 11 is 5.83. The molecule has 4 nitrogen and oxygen atoms in total. The molecule has 1 aromatic heterocycles. The smallest absolute Gasteiger partial charge is 0.258 e. The Bertz CT molecular complexity index is 1360. The van der Waals surface area contributed by atoms with E-state index >= 15 is 0 Å². The van der Waals surface area contributed by atoms with Crippen LogP contribution in [0, 0.1) is 23.1 Å². The molecule has 1 N–H and O–H groups in total. The van der Waals surface area contributed by atoms with Crippen LogP contribution in [0.3, 0.4) is 0 Å². The number of amides is 1. The first kappa shape index (κ1) is 22.2. The molecule has 0 fully saturated rings. The van der Waals surface area contributed by atoms with Crippen LogP contribution in [0.25, 0.3) is 10.9 Å². The van der Waals surface area contributed by atoms with Gasteiger partial charge in [-0.25, -0.2) is 8.78 Å². The monoisotopic (exact) mass is 470 g/mol. The zero-order valence-electron chi connectivity index (χ0n) is 18.1. The summed E-state index contributed by atoms with van der Waals surface area (Å²) in [5.74, 6) is 1.29. The van der Waals surface area contributed by atoms with Crippen LogP contribution in [0.4, 0.5) is 8.78 Å². The number of nitrogens with zero attached hydrogens (tertiary/aromatic N) is 2. The molecule has 0 unspecified atom stereocenters. The number of carbonyl (C=O) groups excluding carboxylic acids is 1. The number of halogens is 3. The molecule has 1 amide bonds. The summed E-state index contributed by atoms with van der Waals surface area (Å²) in [6.45, 7) is 6.68. The van der Waals surface area contributed by atoms with Crippen molar-refractivity contribution in [2.24, 2.45) is 0 Å². The van der Waals surface area contributed by atoms with Crippen molar-refractivity contribution >= 4 is 36.5 Å². The Morgan fingerprint density at radius 1 is 1.22 bits per heavy atom. The van der Waals surface area contributed by atoms with Gasteiger partial charge in [0.15, 0.2) is 5.75 Å². The minimum absolute atomic E-state index is 0.131. The minimum Gasteiger partial charge on any atom is -0.505 e. The van der Waals surface area contributed by atoms with Crippen LogP contribution in [0.2, 0.25) is 24.7 Å². The first-order valence-electron chi connectivity index (χ1n) is 10.0. The molecule has 1 aliphatic rings. The van der Waals surface area contributed by atoms with Gasteiger partial charge in [-0.3, -0.25) is 9.78 Å². The molecule has 0 spiro atoms. The number of fused-ring (bicyclic) bond motifs is 2. The van der Waals surface area contributed by atoms with Crippen LogP contribution in [-0.4, -0.2) is 36.0 Å². The van der Waals surface area contributed by atoms with Gasteiger partial charge in [0.2, 0.25) is 0 Å². The summed E-state index contributed by atoms with van der Waals surface area (Å²) in [5.41, 5.74) is 6.03. The molecular weight excluding hydrogens is 450 g/mol. The van der Waals surface area contributed by atoms with Gasteiger partial charge in [-0.05, 0) is 23.3 Å².